The first-order valence-corrected chi connectivity index (χ1v) is 5.39. The van der Waals surface area contributed by atoms with Crippen LogP contribution in [0.1, 0.15) is 41.5 Å². The SMILES string of the molecule is CC(C)(C)OC(=O)N(N)C(=O)ON(N)C(C)(C)C. The minimum Gasteiger partial charge on any atom is -0.442 e. The number of hydroxylamine groups is 1. The number of amides is 2. The molecule has 0 aliphatic carbocycles. The van der Waals surface area contributed by atoms with Gasteiger partial charge in [-0.3, -0.25) is 0 Å². The maximum absolute atomic E-state index is 11.5. The van der Waals surface area contributed by atoms with Crippen LogP contribution in [0.25, 0.3) is 0 Å². The van der Waals surface area contributed by atoms with E-state index < -0.39 is 23.3 Å². The van der Waals surface area contributed by atoms with Gasteiger partial charge < -0.3 is 9.57 Å². The zero-order chi connectivity index (χ0) is 14.7. The van der Waals surface area contributed by atoms with Crippen molar-refractivity contribution in [2.45, 2.75) is 52.7 Å². The number of hydrogen-bond acceptors (Lipinski definition) is 7. The number of ether oxygens (including phenoxy) is 1. The van der Waals surface area contributed by atoms with Crippen molar-refractivity contribution in [2.75, 3.05) is 0 Å². The van der Waals surface area contributed by atoms with E-state index in [4.69, 9.17) is 16.4 Å². The molecule has 0 saturated carbocycles. The second-order valence-electron chi connectivity index (χ2n) is 5.70. The summed E-state index contributed by atoms with van der Waals surface area (Å²) in [4.78, 5) is 27.6. The molecule has 0 spiro atoms. The molecule has 4 N–H and O–H groups in total. The summed E-state index contributed by atoms with van der Waals surface area (Å²) in [6.07, 6.45) is -2.14. The standard InChI is InChI=1S/C10H22N4O4/c1-9(2,3)14(12)18-8(16)13(11)7(15)17-10(4,5)6/h11-12H2,1-6H3. The van der Waals surface area contributed by atoms with Crippen LogP contribution in [0.5, 0.6) is 0 Å². The Balaban J connectivity index is 4.49. The van der Waals surface area contributed by atoms with Gasteiger partial charge in [0.2, 0.25) is 0 Å². The number of carbonyl (C=O) groups excluding carboxylic acids is 2. The molecule has 8 heteroatoms. The van der Waals surface area contributed by atoms with Crippen molar-refractivity contribution in [3.05, 3.63) is 0 Å². The first-order valence-electron chi connectivity index (χ1n) is 5.39. The Hall–Kier alpha value is -1.38. The average molecular weight is 262 g/mol. The molecular weight excluding hydrogens is 240 g/mol. The van der Waals surface area contributed by atoms with E-state index in [0.717, 1.165) is 5.17 Å². The number of nitrogens with two attached hydrogens (primary N) is 2. The number of rotatable bonds is 1. The lowest BCUT2D eigenvalue weighted by Crippen LogP contribution is -2.53. The van der Waals surface area contributed by atoms with Gasteiger partial charge in [-0.15, -0.1) is 5.01 Å². The van der Waals surface area contributed by atoms with Crippen LogP contribution in [-0.2, 0) is 9.57 Å². The maximum Gasteiger partial charge on any atom is 0.454 e. The molecule has 106 valence electrons. The normalized spacial score (nSPS) is 12.3. The second kappa shape index (κ2) is 5.51. The average Bonchev–Trinajstić information content (AvgIpc) is 2.11. The van der Waals surface area contributed by atoms with E-state index >= 15 is 0 Å². The third kappa shape index (κ3) is 5.80. The van der Waals surface area contributed by atoms with Crippen LogP contribution < -0.4 is 11.7 Å². The van der Waals surface area contributed by atoms with Gasteiger partial charge in [0, 0.05) is 0 Å². The molecule has 0 heterocycles. The van der Waals surface area contributed by atoms with Gasteiger partial charge in [0.05, 0.1) is 5.54 Å². The van der Waals surface area contributed by atoms with E-state index in [9.17, 15) is 9.59 Å². The Kier molecular flexibility index (Phi) is 5.09. The van der Waals surface area contributed by atoms with Crippen molar-refractivity contribution in [1.29, 1.82) is 0 Å². The molecule has 0 unspecified atom stereocenters. The van der Waals surface area contributed by atoms with Crippen molar-refractivity contribution in [3.8, 4) is 0 Å². The van der Waals surface area contributed by atoms with Crippen molar-refractivity contribution in [1.82, 2.24) is 10.2 Å². The molecule has 0 radical (unpaired) electrons. The third-order valence-corrected chi connectivity index (χ3v) is 1.62. The van der Waals surface area contributed by atoms with Gasteiger partial charge in [-0.2, -0.15) is 0 Å². The first-order chi connectivity index (χ1) is 7.84. The molecule has 0 aromatic carbocycles. The summed E-state index contributed by atoms with van der Waals surface area (Å²) in [5, 5.41) is 1.02. The van der Waals surface area contributed by atoms with Crippen LogP contribution in [-0.4, -0.2) is 33.5 Å². The summed E-state index contributed by atoms with van der Waals surface area (Å²) >= 11 is 0. The van der Waals surface area contributed by atoms with Crippen LogP contribution in [0.2, 0.25) is 0 Å². The van der Waals surface area contributed by atoms with Gasteiger partial charge in [0.1, 0.15) is 5.60 Å². The topological polar surface area (TPSA) is 111 Å². The largest absolute Gasteiger partial charge is 0.454 e. The number of hydrogen-bond donors (Lipinski definition) is 2. The van der Waals surface area contributed by atoms with Gasteiger partial charge in [0.25, 0.3) is 0 Å². The second-order valence-corrected chi connectivity index (χ2v) is 5.70. The lowest BCUT2D eigenvalue weighted by Gasteiger charge is -2.30. The molecule has 18 heavy (non-hydrogen) atoms. The number of nitrogens with zero attached hydrogens (tertiary/aromatic N) is 2. The number of carbonyl (C=O) groups is 2. The molecular formula is C10H22N4O4. The fourth-order valence-electron chi connectivity index (χ4n) is 0.651. The minimum atomic E-state index is -1.12. The summed E-state index contributed by atoms with van der Waals surface area (Å²) in [6.45, 7) is 10.1. The summed E-state index contributed by atoms with van der Waals surface area (Å²) < 4.78 is 4.89. The fourth-order valence-corrected chi connectivity index (χ4v) is 0.651. The molecule has 0 fully saturated rings. The van der Waals surface area contributed by atoms with Crippen molar-refractivity contribution < 1.29 is 19.2 Å². The van der Waals surface area contributed by atoms with Crippen LogP contribution in [0.3, 0.4) is 0 Å². The van der Waals surface area contributed by atoms with E-state index in [1.807, 2.05) is 0 Å². The van der Waals surface area contributed by atoms with Gasteiger partial charge in [0.15, 0.2) is 0 Å². The highest BCUT2D eigenvalue weighted by molar-refractivity contribution is 5.86. The Morgan fingerprint density at radius 1 is 0.944 bits per heavy atom. The summed E-state index contributed by atoms with van der Waals surface area (Å²) in [5.41, 5.74) is -1.38. The molecule has 0 aliphatic heterocycles. The summed E-state index contributed by atoms with van der Waals surface area (Å²) in [6, 6.07) is 0. The first kappa shape index (κ1) is 16.6. The van der Waals surface area contributed by atoms with Gasteiger partial charge in [-0.05, 0) is 41.5 Å². The molecule has 0 rings (SSSR count). The summed E-state index contributed by atoms with van der Waals surface area (Å²) in [7, 11) is 0. The molecule has 0 aliphatic rings. The van der Waals surface area contributed by atoms with Gasteiger partial charge in [-0.1, -0.05) is 5.17 Å². The molecule has 8 nitrogen and oxygen atoms in total. The van der Waals surface area contributed by atoms with Crippen LogP contribution in [0.15, 0.2) is 0 Å². The molecule has 0 saturated heterocycles. The zero-order valence-corrected chi connectivity index (χ0v) is 11.7. The van der Waals surface area contributed by atoms with Crippen LogP contribution >= 0.6 is 0 Å². The van der Waals surface area contributed by atoms with Crippen LogP contribution in [0.4, 0.5) is 9.59 Å². The number of imide groups is 1. The smallest absolute Gasteiger partial charge is 0.442 e. The summed E-state index contributed by atoms with van der Waals surface area (Å²) in [5.74, 6) is 10.7. The van der Waals surface area contributed by atoms with E-state index in [1.54, 1.807) is 41.5 Å². The highest BCUT2D eigenvalue weighted by Crippen LogP contribution is 2.11. The van der Waals surface area contributed by atoms with E-state index in [2.05, 4.69) is 4.84 Å². The molecule has 0 atom stereocenters. The molecule has 2 amide bonds. The Labute approximate surface area is 107 Å². The van der Waals surface area contributed by atoms with Crippen molar-refractivity contribution >= 4 is 12.2 Å². The predicted molar refractivity (Wildman–Crippen MR) is 64.5 cm³/mol. The highest BCUT2D eigenvalue weighted by atomic mass is 16.8. The third-order valence-electron chi connectivity index (χ3n) is 1.62. The fraction of sp³-hybridized carbons (Fsp3) is 0.800. The van der Waals surface area contributed by atoms with E-state index in [1.165, 1.54) is 0 Å². The van der Waals surface area contributed by atoms with Gasteiger partial charge >= 0.3 is 12.2 Å². The quantitative estimate of drug-likeness (QED) is 0.414. The molecule has 0 bridgehead atoms. The van der Waals surface area contributed by atoms with Crippen molar-refractivity contribution in [3.63, 3.8) is 0 Å². The predicted octanol–water partition coefficient (Wildman–Crippen LogP) is 1.12. The number of hydrazine groups is 2. The van der Waals surface area contributed by atoms with E-state index in [0.29, 0.717) is 0 Å². The lowest BCUT2D eigenvalue weighted by molar-refractivity contribution is -0.168. The van der Waals surface area contributed by atoms with Crippen LogP contribution in [0, 0.1) is 0 Å². The molecule has 0 aromatic rings. The Morgan fingerprint density at radius 3 is 1.72 bits per heavy atom. The van der Waals surface area contributed by atoms with Crippen molar-refractivity contribution in [2.24, 2.45) is 11.7 Å². The monoisotopic (exact) mass is 262 g/mol. The minimum absolute atomic E-state index is 0.219. The maximum atomic E-state index is 11.5. The highest BCUT2D eigenvalue weighted by Gasteiger charge is 2.29. The Morgan fingerprint density at radius 2 is 1.39 bits per heavy atom. The van der Waals surface area contributed by atoms with E-state index in [-0.39, 0.29) is 5.01 Å². The Bertz CT molecular complexity index is 319. The van der Waals surface area contributed by atoms with Gasteiger partial charge in [-0.25, -0.2) is 21.3 Å². The zero-order valence-electron chi connectivity index (χ0n) is 11.7. The molecule has 0 aromatic heterocycles. The lowest BCUT2D eigenvalue weighted by atomic mass is 10.1.